The first-order valence-electron chi connectivity index (χ1n) is 27.5. The first-order chi connectivity index (χ1) is 38.9. The van der Waals surface area contributed by atoms with E-state index in [0.717, 1.165) is 67.4 Å². The van der Waals surface area contributed by atoms with Crippen molar-refractivity contribution in [2.45, 2.75) is 45.8 Å². The Morgan fingerprint density at radius 2 is 1.18 bits per heavy atom. The van der Waals surface area contributed by atoms with Crippen LogP contribution in [0.25, 0.3) is 11.1 Å². The lowest BCUT2D eigenvalue weighted by Gasteiger charge is -2.36. The van der Waals surface area contributed by atoms with Crippen LogP contribution in [-0.2, 0) is 57.1 Å². The third-order valence-electron chi connectivity index (χ3n) is 13.2. The molecule has 2 N–H and O–H groups in total. The molecular formula is C61H78F3N5O11. The quantitative estimate of drug-likeness (QED) is 0.0366. The Hall–Kier alpha value is -6.58. The van der Waals surface area contributed by atoms with Crippen molar-refractivity contribution in [2.75, 3.05) is 154 Å². The number of nitrogens with one attached hydrogen (secondary N) is 2. The average Bonchev–Trinajstić information content (AvgIpc) is 3.48. The molecule has 6 rings (SSSR count). The summed E-state index contributed by atoms with van der Waals surface area (Å²) in [4.78, 5) is 46.3. The Morgan fingerprint density at radius 3 is 1.82 bits per heavy atom. The van der Waals surface area contributed by atoms with Crippen LogP contribution in [0.1, 0.15) is 64.1 Å². The third-order valence-corrected chi connectivity index (χ3v) is 13.2. The van der Waals surface area contributed by atoms with E-state index in [-0.39, 0.29) is 18.4 Å². The van der Waals surface area contributed by atoms with Crippen LogP contribution in [0.5, 0.6) is 5.75 Å². The van der Waals surface area contributed by atoms with Crippen LogP contribution in [-0.4, -0.2) is 161 Å². The van der Waals surface area contributed by atoms with Gasteiger partial charge in [0.25, 0.3) is 11.8 Å². The number of piperazine rings is 1. The summed E-state index contributed by atoms with van der Waals surface area (Å²) in [5.74, 6) is 0.129. The number of methoxy groups -OCH3 is 1. The first-order valence-corrected chi connectivity index (χ1v) is 27.5. The zero-order valence-electron chi connectivity index (χ0n) is 46.4. The van der Waals surface area contributed by atoms with Crippen LogP contribution in [0.2, 0.25) is 0 Å². The fraction of sp³-hybridized carbons (Fsp3) is 0.459. The largest absolute Gasteiger partial charge is 0.491 e. The number of aryl methyl sites for hydroxylation is 1. The van der Waals surface area contributed by atoms with Gasteiger partial charge in [-0.15, -0.1) is 0 Å². The van der Waals surface area contributed by atoms with Crippen molar-refractivity contribution in [3.05, 3.63) is 143 Å². The Balaban J connectivity index is 0.808. The van der Waals surface area contributed by atoms with Crippen LogP contribution < -0.4 is 25.2 Å². The van der Waals surface area contributed by atoms with Crippen molar-refractivity contribution in [2.24, 2.45) is 0 Å². The van der Waals surface area contributed by atoms with Crippen LogP contribution >= 0.6 is 0 Å². The number of hydrogen-bond donors (Lipinski definition) is 2. The lowest BCUT2D eigenvalue weighted by Crippen LogP contribution is -2.49. The van der Waals surface area contributed by atoms with Gasteiger partial charge in [-0.25, -0.2) is 0 Å². The van der Waals surface area contributed by atoms with Crippen molar-refractivity contribution < 1.29 is 65.4 Å². The molecule has 0 radical (unpaired) electrons. The minimum atomic E-state index is -4.49. The number of carbonyl (C=O) groups is 3. The monoisotopic (exact) mass is 1110 g/mol. The van der Waals surface area contributed by atoms with Gasteiger partial charge in [-0.1, -0.05) is 36.4 Å². The van der Waals surface area contributed by atoms with Crippen LogP contribution in [0.3, 0.4) is 0 Å². The molecule has 1 aliphatic rings. The highest BCUT2D eigenvalue weighted by molar-refractivity contribution is 6.07. The zero-order valence-corrected chi connectivity index (χ0v) is 46.4. The highest BCUT2D eigenvalue weighted by Gasteiger charge is 2.30. The summed E-state index contributed by atoms with van der Waals surface area (Å²) in [7, 11) is 1.64. The molecule has 1 heterocycles. The number of amides is 3. The molecule has 0 saturated carbocycles. The predicted octanol–water partition coefficient (Wildman–Crippen LogP) is 9.20. The van der Waals surface area contributed by atoms with Crippen LogP contribution in [0.15, 0.2) is 115 Å². The van der Waals surface area contributed by atoms with Gasteiger partial charge in [0, 0.05) is 93.3 Å². The number of alkyl halides is 3. The van der Waals surface area contributed by atoms with E-state index >= 15 is 0 Å². The van der Waals surface area contributed by atoms with Gasteiger partial charge in [0.15, 0.2) is 0 Å². The lowest BCUT2D eigenvalue weighted by atomic mass is 9.99. The summed E-state index contributed by atoms with van der Waals surface area (Å²) >= 11 is 0. The van der Waals surface area contributed by atoms with E-state index in [0.29, 0.717) is 152 Å². The van der Waals surface area contributed by atoms with Crippen molar-refractivity contribution >= 4 is 34.8 Å². The third kappa shape index (κ3) is 21.5. The summed E-state index contributed by atoms with van der Waals surface area (Å²) in [5.41, 5.74) is 5.32. The molecule has 434 valence electrons. The van der Waals surface area contributed by atoms with E-state index in [2.05, 4.69) is 34.3 Å². The molecule has 0 unspecified atom stereocenters. The number of benzene rings is 5. The number of hydrogen-bond acceptors (Lipinski definition) is 13. The standard InChI is InChI=1S/C61H78F3N5O11/c1-4-67(5-2)54-19-22-57(56(45-54)49-13-8-15-51(44-49)59(71)65-46-48-11-7-16-52(43-48)61(62,63)64)66-60(72)50-14-6-10-47(42-50)12-9-28-74-32-34-77-37-38-78-35-33-75-29-23-58(70)69-26-24-68(25-27-69)53-17-20-55(21-18-53)80-41-40-79-39-36-76-31-30-73-3/h6-8,10-11,13-22,42-45H,4-5,9,12,23-41,46H2,1-3H3,(H,65,71)(H,66,72). The minimum Gasteiger partial charge on any atom is -0.491 e. The molecule has 1 saturated heterocycles. The van der Waals surface area contributed by atoms with Gasteiger partial charge >= 0.3 is 6.18 Å². The van der Waals surface area contributed by atoms with Gasteiger partial charge in [-0.05, 0) is 122 Å². The second-order valence-electron chi connectivity index (χ2n) is 18.7. The Labute approximate surface area is 468 Å². The maximum absolute atomic E-state index is 13.8. The first kappa shape index (κ1) is 62.6. The number of anilines is 3. The SMILES string of the molecule is CCN(CC)c1ccc(NC(=O)c2cccc(CCCOCCOCCOCCOCCC(=O)N3CCN(c4ccc(OCCOCCOCCOC)cc4)CC3)c2)c(-c2cccc(C(=O)NCc3cccc(C(F)(F)F)c3)c2)c1. The molecule has 3 amide bonds. The molecule has 0 atom stereocenters. The Kier molecular flexibility index (Phi) is 27.0. The van der Waals surface area contributed by atoms with E-state index < -0.39 is 17.6 Å². The fourth-order valence-corrected chi connectivity index (χ4v) is 8.81. The smallest absolute Gasteiger partial charge is 0.416 e. The highest BCUT2D eigenvalue weighted by atomic mass is 19.4. The highest BCUT2D eigenvalue weighted by Crippen LogP contribution is 2.34. The summed E-state index contributed by atoms with van der Waals surface area (Å²) in [6.07, 6.45) is -2.72. The van der Waals surface area contributed by atoms with E-state index in [4.69, 9.17) is 37.9 Å². The number of rotatable bonds is 36. The average molecular weight is 1110 g/mol. The predicted molar refractivity (Wildman–Crippen MR) is 303 cm³/mol. The van der Waals surface area contributed by atoms with E-state index in [1.807, 2.05) is 71.6 Å². The second kappa shape index (κ2) is 34.5. The molecule has 0 aliphatic carbocycles. The summed E-state index contributed by atoms with van der Waals surface area (Å²) < 4.78 is 84.2. The molecule has 0 bridgehead atoms. The van der Waals surface area contributed by atoms with E-state index in [1.54, 1.807) is 31.4 Å². The van der Waals surface area contributed by atoms with Gasteiger partial charge in [-0.3, -0.25) is 14.4 Å². The Bertz CT molecular complexity index is 2630. The lowest BCUT2D eigenvalue weighted by molar-refractivity contribution is -0.137. The van der Waals surface area contributed by atoms with Crippen LogP contribution in [0.4, 0.5) is 30.2 Å². The molecule has 1 fully saturated rings. The number of halogens is 3. The molecule has 5 aromatic rings. The fourth-order valence-electron chi connectivity index (χ4n) is 8.81. The number of nitrogens with zero attached hydrogens (tertiary/aromatic N) is 3. The van der Waals surface area contributed by atoms with Crippen molar-refractivity contribution in [3.63, 3.8) is 0 Å². The van der Waals surface area contributed by atoms with Crippen molar-refractivity contribution in [1.82, 2.24) is 10.2 Å². The molecule has 16 nitrogen and oxygen atoms in total. The number of ether oxygens (including phenoxy) is 8. The van der Waals surface area contributed by atoms with E-state index in [1.165, 1.54) is 12.1 Å². The molecule has 5 aromatic carbocycles. The second-order valence-corrected chi connectivity index (χ2v) is 18.7. The van der Waals surface area contributed by atoms with Gasteiger partial charge < -0.3 is 63.2 Å². The maximum atomic E-state index is 13.8. The summed E-state index contributed by atoms with van der Waals surface area (Å²) in [6.45, 7) is 14.8. The van der Waals surface area contributed by atoms with Gasteiger partial charge in [0.05, 0.1) is 91.3 Å². The number of carbonyl (C=O) groups excluding carboxylic acids is 3. The van der Waals surface area contributed by atoms with Crippen molar-refractivity contribution in [3.8, 4) is 16.9 Å². The molecule has 80 heavy (non-hydrogen) atoms. The summed E-state index contributed by atoms with van der Waals surface area (Å²) in [6, 6.07) is 33.1. The molecule has 19 heteroatoms. The molecule has 0 spiro atoms. The van der Waals surface area contributed by atoms with Crippen LogP contribution in [0, 0.1) is 0 Å². The van der Waals surface area contributed by atoms with Gasteiger partial charge in [-0.2, -0.15) is 13.2 Å². The van der Waals surface area contributed by atoms with Gasteiger partial charge in [0.1, 0.15) is 12.4 Å². The maximum Gasteiger partial charge on any atom is 0.416 e. The Morgan fingerprint density at radius 1 is 0.588 bits per heavy atom. The molecular weight excluding hydrogens is 1040 g/mol. The minimum absolute atomic E-state index is 0.0834. The topological polar surface area (TPSA) is 159 Å². The molecule has 1 aliphatic heterocycles. The van der Waals surface area contributed by atoms with Gasteiger partial charge in [0.2, 0.25) is 5.91 Å². The molecule has 0 aromatic heterocycles. The summed E-state index contributed by atoms with van der Waals surface area (Å²) in [5, 5.41) is 5.83. The van der Waals surface area contributed by atoms with E-state index in [9.17, 15) is 27.6 Å². The van der Waals surface area contributed by atoms with Crippen molar-refractivity contribution in [1.29, 1.82) is 0 Å². The zero-order chi connectivity index (χ0) is 56.8. The normalized spacial score (nSPS) is 12.6.